The van der Waals surface area contributed by atoms with E-state index < -0.39 is 0 Å². The normalized spacial score (nSPS) is 11.0. The lowest BCUT2D eigenvalue weighted by molar-refractivity contribution is 0.282. The molecular formula is C20H17N3O2. The quantitative estimate of drug-likeness (QED) is 0.621. The summed E-state index contributed by atoms with van der Waals surface area (Å²) in [6.07, 6.45) is 1.81. The Balaban J connectivity index is 1.81. The van der Waals surface area contributed by atoms with Crippen molar-refractivity contribution in [2.75, 3.05) is 7.11 Å². The van der Waals surface area contributed by atoms with Gasteiger partial charge < -0.3 is 9.84 Å². The topological polar surface area (TPSA) is 59.7 Å². The molecular weight excluding hydrogens is 314 g/mol. The summed E-state index contributed by atoms with van der Waals surface area (Å²) in [5.41, 5.74) is 5.40. The molecule has 0 radical (unpaired) electrons. The molecule has 0 aliphatic carbocycles. The van der Waals surface area contributed by atoms with Crippen LogP contribution in [0.1, 0.15) is 5.56 Å². The maximum Gasteiger partial charge on any atom is 0.154 e. The Hall–Kier alpha value is -3.18. The largest absolute Gasteiger partial charge is 0.497 e. The van der Waals surface area contributed by atoms with Crippen LogP contribution in [0.4, 0.5) is 0 Å². The summed E-state index contributed by atoms with van der Waals surface area (Å²) in [5, 5.41) is 13.9. The summed E-state index contributed by atoms with van der Waals surface area (Å²) in [6.45, 7) is 0.0334. The Bertz CT molecular complexity index is 1020. The average Bonchev–Trinajstić information content (AvgIpc) is 3.11. The number of imidazole rings is 1. The van der Waals surface area contributed by atoms with E-state index in [1.54, 1.807) is 7.11 Å². The first-order chi connectivity index (χ1) is 12.3. The number of nitrogens with zero attached hydrogens (tertiary/aromatic N) is 3. The molecule has 0 amide bonds. The second-order valence-corrected chi connectivity index (χ2v) is 5.72. The molecule has 0 spiro atoms. The molecule has 5 heteroatoms. The SMILES string of the molecule is COc1cccc(-c2ccc3ncc(-c4ccc(CO)cc4)n3n2)c1. The van der Waals surface area contributed by atoms with Crippen molar-refractivity contribution in [3.8, 4) is 28.3 Å². The van der Waals surface area contributed by atoms with Gasteiger partial charge in [-0.05, 0) is 29.8 Å². The van der Waals surface area contributed by atoms with Gasteiger partial charge in [-0.25, -0.2) is 9.50 Å². The van der Waals surface area contributed by atoms with Gasteiger partial charge in [0.05, 0.1) is 31.3 Å². The van der Waals surface area contributed by atoms with Gasteiger partial charge in [0.25, 0.3) is 0 Å². The molecule has 2 aromatic carbocycles. The molecule has 0 saturated heterocycles. The van der Waals surface area contributed by atoms with Crippen molar-refractivity contribution in [2.24, 2.45) is 0 Å². The predicted octanol–water partition coefficient (Wildman–Crippen LogP) is 3.56. The van der Waals surface area contributed by atoms with Gasteiger partial charge >= 0.3 is 0 Å². The number of rotatable bonds is 4. The first kappa shape index (κ1) is 15.4. The van der Waals surface area contributed by atoms with E-state index in [1.165, 1.54) is 0 Å². The van der Waals surface area contributed by atoms with Crippen LogP contribution < -0.4 is 4.74 Å². The number of methoxy groups -OCH3 is 1. The Labute approximate surface area is 145 Å². The molecule has 4 aromatic rings. The van der Waals surface area contributed by atoms with Crippen molar-refractivity contribution in [2.45, 2.75) is 6.61 Å². The van der Waals surface area contributed by atoms with Crippen molar-refractivity contribution < 1.29 is 9.84 Å². The second kappa shape index (κ2) is 6.37. The fourth-order valence-electron chi connectivity index (χ4n) is 2.79. The summed E-state index contributed by atoms with van der Waals surface area (Å²) in [4.78, 5) is 4.43. The minimum Gasteiger partial charge on any atom is -0.497 e. The van der Waals surface area contributed by atoms with Crippen molar-refractivity contribution in [3.05, 3.63) is 72.4 Å². The number of ether oxygens (including phenoxy) is 1. The monoisotopic (exact) mass is 331 g/mol. The van der Waals surface area contributed by atoms with Gasteiger partial charge in [-0.15, -0.1) is 0 Å². The maximum absolute atomic E-state index is 9.20. The molecule has 0 aliphatic rings. The van der Waals surface area contributed by atoms with Crippen LogP contribution >= 0.6 is 0 Å². The Morgan fingerprint density at radius 3 is 2.60 bits per heavy atom. The van der Waals surface area contributed by atoms with Crippen molar-refractivity contribution >= 4 is 5.65 Å². The number of fused-ring (bicyclic) bond motifs is 1. The molecule has 2 aromatic heterocycles. The fourth-order valence-corrected chi connectivity index (χ4v) is 2.79. The molecule has 0 bridgehead atoms. The number of benzene rings is 2. The summed E-state index contributed by atoms with van der Waals surface area (Å²) >= 11 is 0. The molecule has 2 heterocycles. The molecule has 124 valence electrons. The van der Waals surface area contributed by atoms with Crippen molar-refractivity contribution in [1.82, 2.24) is 14.6 Å². The number of hydrogen-bond acceptors (Lipinski definition) is 4. The van der Waals surface area contributed by atoms with Crippen LogP contribution in [-0.4, -0.2) is 26.8 Å². The van der Waals surface area contributed by atoms with Gasteiger partial charge in [0, 0.05) is 11.1 Å². The molecule has 5 nitrogen and oxygen atoms in total. The Kier molecular flexibility index (Phi) is 3.91. The van der Waals surface area contributed by atoms with Crippen LogP contribution in [0, 0.1) is 0 Å². The zero-order valence-electron chi connectivity index (χ0n) is 13.8. The number of aliphatic hydroxyl groups is 1. The van der Waals surface area contributed by atoms with E-state index >= 15 is 0 Å². The van der Waals surface area contributed by atoms with Gasteiger partial charge in [-0.3, -0.25) is 0 Å². The first-order valence-corrected chi connectivity index (χ1v) is 7.98. The lowest BCUT2D eigenvalue weighted by Crippen LogP contribution is -1.97. The Morgan fingerprint density at radius 2 is 1.84 bits per heavy atom. The summed E-state index contributed by atoms with van der Waals surface area (Å²) in [6, 6.07) is 19.5. The highest BCUT2D eigenvalue weighted by atomic mass is 16.5. The van der Waals surface area contributed by atoms with E-state index in [2.05, 4.69) is 4.98 Å². The Morgan fingerprint density at radius 1 is 1.00 bits per heavy atom. The highest BCUT2D eigenvalue weighted by Crippen LogP contribution is 2.25. The van der Waals surface area contributed by atoms with Gasteiger partial charge in [0.1, 0.15) is 5.75 Å². The van der Waals surface area contributed by atoms with E-state index in [1.807, 2.05) is 71.4 Å². The molecule has 0 atom stereocenters. The molecule has 0 fully saturated rings. The number of aromatic nitrogens is 3. The third kappa shape index (κ3) is 2.86. The van der Waals surface area contributed by atoms with E-state index in [4.69, 9.17) is 9.84 Å². The van der Waals surface area contributed by atoms with Crippen molar-refractivity contribution in [3.63, 3.8) is 0 Å². The summed E-state index contributed by atoms with van der Waals surface area (Å²) in [7, 11) is 1.65. The van der Waals surface area contributed by atoms with Crippen LogP contribution in [0.25, 0.3) is 28.2 Å². The van der Waals surface area contributed by atoms with Gasteiger partial charge in [-0.1, -0.05) is 36.4 Å². The maximum atomic E-state index is 9.20. The van der Waals surface area contributed by atoms with Gasteiger partial charge in [0.15, 0.2) is 5.65 Å². The van der Waals surface area contributed by atoms with Crippen LogP contribution in [0.5, 0.6) is 5.75 Å². The standard InChI is InChI=1S/C20H17N3O2/c1-25-17-4-2-3-16(11-17)18-9-10-20-21-12-19(23(20)22-18)15-7-5-14(13-24)6-8-15/h2-12,24H,13H2,1H3. The zero-order valence-corrected chi connectivity index (χ0v) is 13.8. The molecule has 25 heavy (non-hydrogen) atoms. The zero-order chi connectivity index (χ0) is 17.2. The smallest absolute Gasteiger partial charge is 0.154 e. The van der Waals surface area contributed by atoms with Gasteiger partial charge in [0.2, 0.25) is 0 Å². The predicted molar refractivity (Wildman–Crippen MR) is 96.3 cm³/mol. The third-order valence-electron chi connectivity index (χ3n) is 4.16. The third-order valence-corrected chi connectivity index (χ3v) is 4.16. The van der Waals surface area contributed by atoms with E-state index in [-0.39, 0.29) is 6.61 Å². The number of aliphatic hydroxyl groups excluding tert-OH is 1. The molecule has 0 unspecified atom stereocenters. The van der Waals surface area contributed by atoms with Crippen LogP contribution in [0.2, 0.25) is 0 Å². The molecule has 1 N–H and O–H groups in total. The highest BCUT2D eigenvalue weighted by molar-refractivity contribution is 5.66. The lowest BCUT2D eigenvalue weighted by Gasteiger charge is -2.06. The lowest BCUT2D eigenvalue weighted by atomic mass is 10.1. The highest BCUT2D eigenvalue weighted by Gasteiger charge is 2.09. The summed E-state index contributed by atoms with van der Waals surface area (Å²) in [5.74, 6) is 0.796. The van der Waals surface area contributed by atoms with Crippen LogP contribution in [-0.2, 0) is 6.61 Å². The molecule has 4 rings (SSSR count). The minimum atomic E-state index is 0.0334. The fraction of sp³-hybridized carbons (Fsp3) is 0.100. The van der Waals surface area contributed by atoms with E-state index in [0.717, 1.165) is 39.5 Å². The van der Waals surface area contributed by atoms with E-state index in [9.17, 15) is 5.11 Å². The second-order valence-electron chi connectivity index (χ2n) is 5.72. The molecule has 0 saturated carbocycles. The first-order valence-electron chi connectivity index (χ1n) is 7.98. The summed E-state index contributed by atoms with van der Waals surface area (Å²) < 4.78 is 7.13. The van der Waals surface area contributed by atoms with Crippen molar-refractivity contribution in [1.29, 1.82) is 0 Å². The van der Waals surface area contributed by atoms with Crippen LogP contribution in [0.3, 0.4) is 0 Å². The molecule has 0 aliphatic heterocycles. The average molecular weight is 331 g/mol. The van der Waals surface area contributed by atoms with E-state index in [0.29, 0.717) is 0 Å². The minimum absolute atomic E-state index is 0.0334. The van der Waals surface area contributed by atoms with Gasteiger partial charge in [-0.2, -0.15) is 5.10 Å². The number of hydrogen-bond donors (Lipinski definition) is 1. The van der Waals surface area contributed by atoms with Crippen LogP contribution in [0.15, 0.2) is 66.9 Å².